The number of alkyl halides is 3. The van der Waals surface area contributed by atoms with Crippen molar-refractivity contribution in [1.29, 1.82) is 0 Å². The summed E-state index contributed by atoms with van der Waals surface area (Å²) in [6, 6.07) is 12.2. The molecule has 132 valence electrons. The number of halogens is 3. The molecule has 26 heavy (non-hydrogen) atoms. The van der Waals surface area contributed by atoms with Gasteiger partial charge in [0.25, 0.3) is 0 Å². The van der Waals surface area contributed by atoms with Gasteiger partial charge in [-0.1, -0.05) is 37.3 Å². The maximum atomic E-state index is 13.1. The van der Waals surface area contributed by atoms with Gasteiger partial charge in [-0.15, -0.1) is 5.10 Å². The van der Waals surface area contributed by atoms with Crippen LogP contribution in [0.4, 0.5) is 13.2 Å². The van der Waals surface area contributed by atoms with Crippen LogP contribution in [0.2, 0.25) is 0 Å². The fraction of sp³-hybridized carbons (Fsp3) is 0.222. The Labute approximate surface area is 147 Å². The summed E-state index contributed by atoms with van der Waals surface area (Å²) in [4.78, 5) is 4.73. The van der Waals surface area contributed by atoms with Gasteiger partial charge in [-0.05, 0) is 35.0 Å². The van der Waals surface area contributed by atoms with Gasteiger partial charge in [0.15, 0.2) is 5.82 Å². The highest BCUT2D eigenvalue weighted by Crippen LogP contribution is 2.33. The molecule has 1 atom stereocenters. The number of benzene rings is 2. The van der Waals surface area contributed by atoms with Crippen molar-refractivity contribution in [3.05, 3.63) is 71.0 Å². The number of aromatic nitrogens is 4. The molecule has 0 saturated heterocycles. The molecule has 1 aliphatic rings. The molecular weight excluding hydrogens is 343 g/mol. The molecule has 0 aliphatic carbocycles. The number of nitrogens with zero attached hydrogens (tertiary/aromatic N) is 5. The number of aliphatic imine (C=N–C) groups is 1. The van der Waals surface area contributed by atoms with Crippen molar-refractivity contribution < 1.29 is 13.2 Å². The highest BCUT2D eigenvalue weighted by atomic mass is 19.4. The van der Waals surface area contributed by atoms with E-state index in [1.807, 2.05) is 31.2 Å². The third-order valence-corrected chi connectivity index (χ3v) is 4.31. The highest BCUT2D eigenvalue weighted by molar-refractivity contribution is 6.15. The number of hydrogen-bond acceptors (Lipinski definition) is 4. The van der Waals surface area contributed by atoms with Gasteiger partial charge in [0.1, 0.15) is 6.04 Å². The summed E-state index contributed by atoms with van der Waals surface area (Å²) in [5, 5.41) is 11.8. The Kier molecular flexibility index (Phi) is 3.82. The van der Waals surface area contributed by atoms with Crippen LogP contribution >= 0.6 is 0 Å². The molecule has 0 spiro atoms. The second-order valence-corrected chi connectivity index (χ2v) is 5.95. The van der Waals surface area contributed by atoms with Crippen LogP contribution in [0.25, 0.3) is 5.69 Å². The average Bonchev–Trinajstić information content (AvgIpc) is 3.07. The van der Waals surface area contributed by atoms with E-state index in [9.17, 15) is 13.2 Å². The molecule has 8 heteroatoms. The molecule has 0 N–H and O–H groups in total. The van der Waals surface area contributed by atoms with Gasteiger partial charge in [-0.2, -0.15) is 17.9 Å². The number of rotatable bonds is 2. The average molecular weight is 357 g/mol. The molecule has 4 rings (SSSR count). The second kappa shape index (κ2) is 6.05. The van der Waals surface area contributed by atoms with E-state index < -0.39 is 11.7 Å². The minimum atomic E-state index is -4.41. The Morgan fingerprint density at radius 1 is 1.08 bits per heavy atom. The normalized spacial score (nSPS) is 16.5. The molecule has 3 aromatic rings. The van der Waals surface area contributed by atoms with Crippen LogP contribution in [-0.2, 0) is 6.18 Å². The summed E-state index contributed by atoms with van der Waals surface area (Å²) < 4.78 is 41.0. The number of fused-ring (bicyclic) bond motifs is 3. The van der Waals surface area contributed by atoms with Crippen molar-refractivity contribution in [2.75, 3.05) is 0 Å². The molecule has 5 nitrogen and oxygen atoms in total. The molecule has 0 saturated carbocycles. The Bertz CT molecular complexity index is 990. The number of hydrogen-bond donors (Lipinski definition) is 0. The first-order chi connectivity index (χ1) is 12.5. The molecule has 0 fully saturated rings. The topological polar surface area (TPSA) is 56.0 Å². The van der Waals surface area contributed by atoms with Gasteiger partial charge in [0.05, 0.1) is 17.0 Å². The SMILES string of the molecule is CCC1N=C(c2cccc(C(F)(F)F)c2)c2ccccc2-n2nnnc21. The first kappa shape index (κ1) is 16.4. The van der Waals surface area contributed by atoms with Crippen molar-refractivity contribution in [2.24, 2.45) is 4.99 Å². The van der Waals surface area contributed by atoms with Gasteiger partial charge in [-0.3, -0.25) is 4.99 Å². The summed E-state index contributed by atoms with van der Waals surface area (Å²) in [5.74, 6) is 0.571. The van der Waals surface area contributed by atoms with Gasteiger partial charge in [0.2, 0.25) is 0 Å². The Balaban J connectivity index is 1.96. The lowest BCUT2D eigenvalue weighted by Crippen LogP contribution is -2.10. The first-order valence-electron chi connectivity index (χ1n) is 8.12. The van der Waals surface area contributed by atoms with E-state index in [0.717, 1.165) is 12.1 Å². The molecular formula is C18H14F3N5. The smallest absolute Gasteiger partial charge is 0.273 e. The lowest BCUT2D eigenvalue weighted by Gasteiger charge is -2.13. The highest BCUT2D eigenvalue weighted by Gasteiger charge is 2.32. The molecule has 0 amide bonds. The zero-order valence-corrected chi connectivity index (χ0v) is 13.8. The standard InChI is InChI=1S/C18H14F3N5/c1-2-14-17-23-24-25-26(17)15-9-4-3-8-13(15)16(22-14)11-6-5-7-12(10-11)18(19,20)21/h3-10,14H,2H2,1H3. The van der Waals surface area contributed by atoms with E-state index in [4.69, 9.17) is 4.99 Å². The Morgan fingerprint density at radius 2 is 1.88 bits per heavy atom. The third-order valence-electron chi connectivity index (χ3n) is 4.31. The van der Waals surface area contributed by atoms with Crippen molar-refractivity contribution in [3.63, 3.8) is 0 Å². The van der Waals surface area contributed by atoms with Crippen molar-refractivity contribution in [2.45, 2.75) is 25.6 Å². The zero-order chi connectivity index (χ0) is 18.3. The summed E-state index contributed by atoms with van der Waals surface area (Å²) in [6.45, 7) is 1.94. The number of tetrazole rings is 1. The van der Waals surface area contributed by atoms with Crippen LogP contribution in [0.15, 0.2) is 53.5 Å². The van der Waals surface area contributed by atoms with Gasteiger partial charge >= 0.3 is 6.18 Å². The summed E-state index contributed by atoms with van der Waals surface area (Å²) >= 11 is 0. The van der Waals surface area contributed by atoms with Crippen LogP contribution in [0.3, 0.4) is 0 Å². The Morgan fingerprint density at radius 3 is 2.65 bits per heavy atom. The quantitative estimate of drug-likeness (QED) is 0.697. The van der Waals surface area contributed by atoms with Crippen LogP contribution in [0.1, 0.15) is 41.9 Å². The van der Waals surface area contributed by atoms with Crippen LogP contribution in [0, 0.1) is 0 Å². The molecule has 0 radical (unpaired) electrons. The van der Waals surface area contributed by atoms with E-state index in [-0.39, 0.29) is 6.04 Å². The van der Waals surface area contributed by atoms with Crippen molar-refractivity contribution in [3.8, 4) is 5.69 Å². The summed E-state index contributed by atoms with van der Waals surface area (Å²) in [5.41, 5.74) is 1.58. The van der Waals surface area contributed by atoms with Crippen LogP contribution in [-0.4, -0.2) is 25.9 Å². The molecule has 2 heterocycles. The summed E-state index contributed by atoms with van der Waals surface area (Å²) in [7, 11) is 0. The van der Waals surface area contributed by atoms with E-state index in [2.05, 4.69) is 15.5 Å². The molecule has 0 bridgehead atoms. The predicted octanol–water partition coefficient (Wildman–Crippen LogP) is 3.98. The van der Waals surface area contributed by atoms with Gasteiger partial charge in [0, 0.05) is 11.1 Å². The fourth-order valence-electron chi connectivity index (χ4n) is 3.06. The van der Waals surface area contributed by atoms with E-state index in [0.29, 0.717) is 34.8 Å². The minimum Gasteiger partial charge on any atom is -0.273 e. The predicted molar refractivity (Wildman–Crippen MR) is 89.3 cm³/mol. The summed E-state index contributed by atoms with van der Waals surface area (Å²) in [6.07, 6.45) is -3.79. The van der Waals surface area contributed by atoms with Crippen molar-refractivity contribution in [1.82, 2.24) is 20.2 Å². The molecule has 1 aromatic heterocycles. The maximum absolute atomic E-state index is 13.1. The van der Waals surface area contributed by atoms with Gasteiger partial charge in [-0.25, -0.2) is 0 Å². The van der Waals surface area contributed by atoms with E-state index >= 15 is 0 Å². The van der Waals surface area contributed by atoms with Crippen molar-refractivity contribution >= 4 is 5.71 Å². The van der Waals surface area contributed by atoms with Crippen LogP contribution < -0.4 is 0 Å². The number of para-hydroxylation sites is 1. The fourth-order valence-corrected chi connectivity index (χ4v) is 3.06. The lowest BCUT2D eigenvalue weighted by molar-refractivity contribution is -0.137. The minimum absolute atomic E-state index is 0.345. The first-order valence-corrected chi connectivity index (χ1v) is 8.12. The third kappa shape index (κ3) is 2.67. The monoisotopic (exact) mass is 357 g/mol. The van der Waals surface area contributed by atoms with Gasteiger partial charge < -0.3 is 0 Å². The maximum Gasteiger partial charge on any atom is 0.416 e. The lowest BCUT2D eigenvalue weighted by atomic mass is 9.98. The van der Waals surface area contributed by atoms with Crippen LogP contribution in [0.5, 0.6) is 0 Å². The zero-order valence-electron chi connectivity index (χ0n) is 13.8. The molecule has 2 aromatic carbocycles. The largest absolute Gasteiger partial charge is 0.416 e. The molecule has 1 aliphatic heterocycles. The molecule has 1 unspecified atom stereocenters. The second-order valence-electron chi connectivity index (χ2n) is 5.95. The Hall–Kier alpha value is -3.03. The van der Waals surface area contributed by atoms with E-state index in [1.54, 1.807) is 10.7 Å². The van der Waals surface area contributed by atoms with E-state index in [1.165, 1.54) is 6.07 Å².